The quantitative estimate of drug-likeness (QED) is 0.635. The number of aryl methyl sites for hydroxylation is 1. The highest BCUT2D eigenvalue weighted by Crippen LogP contribution is 2.15. The number of aliphatic hydroxyl groups excluding tert-OH is 1. The molecule has 0 aliphatic rings. The maximum absolute atomic E-state index is 11.1. The fourth-order valence-corrected chi connectivity index (χ4v) is 1.41. The Morgan fingerprint density at radius 2 is 2.00 bits per heavy atom. The highest BCUT2D eigenvalue weighted by Gasteiger charge is 1.99. The summed E-state index contributed by atoms with van der Waals surface area (Å²) in [6.07, 6.45) is 0.737. The second-order valence-electron chi connectivity index (χ2n) is 3.87. The van der Waals surface area contributed by atoms with Gasteiger partial charge in [-0.05, 0) is 25.0 Å². The van der Waals surface area contributed by atoms with E-state index in [9.17, 15) is 4.79 Å². The number of hydrogen-bond donors (Lipinski definition) is 3. The molecule has 2 amide bonds. The zero-order chi connectivity index (χ0) is 13.2. The van der Waals surface area contributed by atoms with Gasteiger partial charge in [-0.2, -0.15) is 0 Å². The summed E-state index contributed by atoms with van der Waals surface area (Å²) in [6.45, 7) is 3.32. The van der Waals surface area contributed by atoms with Crippen LogP contribution in [0, 0.1) is 6.92 Å². The third-order valence-corrected chi connectivity index (χ3v) is 2.36. The molecule has 0 aromatic heterocycles. The van der Waals surface area contributed by atoms with Crippen LogP contribution >= 0.6 is 0 Å². The molecule has 5 heteroatoms. The minimum Gasteiger partial charge on any atom is -0.493 e. The summed E-state index contributed by atoms with van der Waals surface area (Å²) in [5, 5.41) is 13.7. The molecule has 0 unspecified atom stereocenters. The average Bonchev–Trinajstić information content (AvgIpc) is 2.38. The zero-order valence-corrected chi connectivity index (χ0v) is 10.6. The van der Waals surface area contributed by atoms with Gasteiger partial charge in [-0.1, -0.05) is 18.2 Å². The lowest BCUT2D eigenvalue weighted by Gasteiger charge is -2.09. The van der Waals surface area contributed by atoms with Gasteiger partial charge in [0.05, 0.1) is 13.2 Å². The fourth-order valence-electron chi connectivity index (χ4n) is 1.41. The van der Waals surface area contributed by atoms with Gasteiger partial charge in [0, 0.05) is 13.1 Å². The maximum Gasteiger partial charge on any atom is 0.314 e. The minimum absolute atomic E-state index is 0.0518. The van der Waals surface area contributed by atoms with E-state index in [1.807, 2.05) is 31.2 Å². The number of amides is 2. The summed E-state index contributed by atoms with van der Waals surface area (Å²) in [4.78, 5) is 11.1. The number of ether oxygens (including phenoxy) is 1. The maximum atomic E-state index is 11.1. The van der Waals surface area contributed by atoms with Crippen LogP contribution in [0.5, 0.6) is 5.75 Å². The third-order valence-electron chi connectivity index (χ3n) is 2.36. The van der Waals surface area contributed by atoms with Crippen molar-refractivity contribution in [2.24, 2.45) is 0 Å². The molecule has 0 saturated carbocycles. The molecule has 18 heavy (non-hydrogen) atoms. The van der Waals surface area contributed by atoms with Gasteiger partial charge in [0.2, 0.25) is 0 Å². The van der Waals surface area contributed by atoms with Crippen LogP contribution in [-0.4, -0.2) is 37.4 Å². The van der Waals surface area contributed by atoms with Crippen molar-refractivity contribution in [2.45, 2.75) is 13.3 Å². The van der Waals surface area contributed by atoms with Gasteiger partial charge in [0.25, 0.3) is 0 Å². The molecule has 0 heterocycles. The van der Waals surface area contributed by atoms with Crippen LogP contribution in [-0.2, 0) is 0 Å². The summed E-state index contributed by atoms with van der Waals surface area (Å²) in [5.41, 5.74) is 1.10. The van der Waals surface area contributed by atoms with Crippen molar-refractivity contribution >= 4 is 6.03 Å². The first-order valence-electron chi connectivity index (χ1n) is 6.05. The lowest BCUT2D eigenvalue weighted by Crippen LogP contribution is -2.37. The first-order chi connectivity index (χ1) is 8.74. The van der Waals surface area contributed by atoms with Gasteiger partial charge >= 0.3 is 6.03 Å². The van der Waals surface area contributed by atoms with E-state index in [-0.39, 0.29) is 19.2 Å². The summed E-state index contributed by atoms with van der Waals surface area (Å²) in [6, 6.07) is 7.56. The highest BCUT2D eigenvalue weighted by molar-refractivity contribution is 5.73. The molecule has 0 spiro atoms. The lowest BCUT2D eigenvalue weighted by molar-refractivity contribution is 0.232. The number of benzene rings is 1. The molecule has 0 aliphatic carbocycles. The van der Waals surface area contributed by atoms with Gasteiger partial charge in [0.15, 0.2) is 0 Å². The molecule has 1 aromatic carbocycles. The number of nitrogens with one attached hydrogen (secondary N) is 2. The van der Waals surface area contributed by atoms with Crippen LogP contribution in [0.2, 0.25) is 0 Å². The fraction of sp³-hybridized carbons (Fsp3) is 0.462. The van der Waals surface area contributed by atoms with E-state index in [2.05, 4.69) is 10.6 Å². The van der Waals surface area contributed by atoms with E-state index in [1.165, 1.54) is 0 Å². The van der Waals surface area contributed by atoms with Crippen LogP contribution in [0.3, 0.4) is 0 Å². The Kier molecular flexibility index (Phi) is 6.64. The zero-order valence-electron chi connectivity index (χ0n) is 10.6. The lowest BCUT2D eigenvalue weighted by atomic mass is 10.2. The molecule has 0 atom stereocenters. The SMILES string of the molecule is Cc1ccccc1OCCCNC(=O)NCCO. The van der Waals surface area contributed by atoms with E-state index in [0.29, 0.717) is 13.2 Å². The topological polar surface area (TPSA) is 70.6 Å². The number of para-hydroxylation sites is 1. The van der Waals surface area contributed by atoms with E-state index < -0.39 is 0 Å². The molecule has 100 valence electrons. The van der Waals surface area contributed by atoms with Gasteiger partial charge in [-0.3, -0.25) is 0 Å². The summed E-state index contributed by atoms with van der Waals surface area (Å²) >= 11 is 0. The summed E-state index contributed by atoms with van der Waals surface area (Å²) in [5.74, 6) is 0.877. The van der Waals surface area contributed by atoms with Crippen LogP contribution in [0.25, 0.3) is 0 Å². The monoisotopic (exact) mass is 252 g/mol. The van der Waals surface area contributed by atoms with Crippen molar-refractivity contribution in [2.75, 3.05) is 26.3 Å². The summed E-state index contributed by atoms with van der Waals surface area (Å²) in [7, 11) is 0. The van der Waals surface area contributed by atoms with Gasteiger partial charge < -0.3 is 20.5 Å². The van der Waals surface area contributed by atoms with Crippen molar-refractivity contribution in [1.82, 2.24) is 10.6 Å². The molecule has 0 radical (unpaired) electrons. The van der Waals surface area contributed by atoms with Crippen molar-refractivity contribution in [3.05, 3.63) is 29.8 Å². The Balaban J connectivity index is 2.09. The summed E-state index contributed by atoms with van der Waals surface area (Å²) < 4.78 is 5.59. The number of hydrogen-bond acceptors (Lipinski definition) is 3. The van der Waals surface area contributed by atoms with Gasteiger partial charge in [-0.25, -0.2) is 4.79 Å². The molecule has 0 fully saturated rings. The molecule has 3 N–H and O–H groups in total. The van der Waals surface area contributed by atoms with Crippen molar-refractivity contribution in [3.63, 3.8) is 0 Å². The molecular formula is C13H20N2O3. The van der Waals surface area contributed by atoms with E-state index in [1.54, 1.807) is 0 Å². The van der Waals surface area contributed by atoms with Crippen molar-refractivity contribution in [1.29, 1.82) is 0 Å². The highest BCUT2D eigenvalue weighted by atomic mass is 16.5. The standard InChI is InChI=1S/C13H20N2O3/c1-11-5-2-3-6-12(11)18-10-4-7-14-13(17)15-8-9-16/h2-3,5-6,16H,4,7-10H2,1H3,(H2,14,15,17). The van der Waals surface area contributed by atoms with Gasteiger partial charge in [-0.15, -0.1) is 0 Å². The average molecular weight is 252 g/mol. The normalized spacial score (nSPS) is 9.89. The number of rotatable bonds is 7. The first kappa shape index (κ1) is 14.3. The van der Waals surface area contributed by atoms with Gasteiger partial charge in [0.1, 0.15) is 5.75 Å². The van der Waals surface area contributed by atoms with Crippen LogP contribution in [0.15, 0.2) is 24.3 Å². The Labute approximate surface area is 107 Å². The van der Waals surface area contributed by atoms with Crippen molar-refractivity contribution in [3.8, 4) is 5.75 Å². The molecule has 0 bridgehead atoms. The second-order valence-corrected chi connectivity index (χ2v) is 3.87. The third kappa shape index (κ3) is 5.54. The smallest absolute Gasteiger partial charge is 0.314 e. The Morgan fingerprint density at radius 3 is 2.72 bits per heavy atom. The Hall–Kier alpha value is -1.75. The largest absolute Gasteiger partial charge is 0.493 e. The number of carbonyl (C=O) groups excluding carboxylic acids is 1. The Bertz CT molecular complexity index is 369. The Morgan fingerprint density at radius 1 is 1.28 bits per heavy atom. The molecular weight excluding hydrogens is 232 g/mol. The van der Waals surface area contributed by atoms with Crippen LogP contribution < -0.4 is 15.4 Å². The van der Waals surface area contributed by atoms with Crippen LogP contribution in [0.1, 0.15) is 12.0 Å². The number of carbonyl (C=O) groups is 1. The molecule has 0 saturated heterocycles. The number of urea groups is 1. The molecule has 0 aliphatic heterocycles. The number of aliphatic hydroxyl groups is 1. The molecule has 1 aromatic rings. The van der Waals surface area contributed by atoms with Crippen molar-refractivity contribution < 1.29 is 14.6 Å². The molecule has 1 rings (SSSR count). The second kappa shape index (κ2) is 8.36. The first-order valence-corrected chi connectivity index (χ1v) is 6.05. The molecule has 5 nitrogen and oxygen atoms in total. The van der Waals surface area contributed by atoms with E-state index in [4.69, 9.17) is 9.84 Å². The predicted molar refractivity (Wildman–Crippen MR) is 69.8 cm³/mol. The minimum atomic E-state index is -0.264. The van der Waals surface area contributed by atoms with E-state index in [0.717, 1.165) is 17.7 Å². The predicted octanol–water partition coefficient (Wildman–Crippen LogP) is 1.06. The van der Waals surface area contributed by atoms with E-state index >= 15 is 0 Å². The van der Waals surface area contributed by atoms with Crippen LogP contribution in [0.4, 0.5) is 4.79 Å².